The van der Waals surface area contributed by atoms with Gasteiger partial charge in [0.15, 0.2) is 0 Å². The molecule has 0 saturated carbocycles. The first-order valence-corrected chi connectivity index (χ1v) is 4.83. The molecule has 0 heterocycles. The number of carbonyl (C=O) groups is 1. The first-order valence-electron chi connectivity index (χ1n) is 4.83. The van der Waals surface area contributed by atoms with Crippen LogP contribution in [0.5, 0.6) is 5.75 Å². The molecule has 0 aliphatic rings. The predicted molar refractivity (Wildman–Crippen MR) is 55.5 cm³/mol. The van der Waals surface area contributed by atoms with Crippen molar-refractivity contribution in [3.8, 4) is 5.75 Å². The lowest BCUT2D eigenvalue weighted by atomic mass is 10.1. The van der Waals surface area contributed by atoms with Crippen LogP contribution in [0.4, 0.5) is 18.9 Å². The van der Waals surface area contributed by atoms with E-state index < -0.39 is 40.7 Å². The van der Waals surface area contributed by atoms with Crippen LogP contribution in [0.15, 0.2) is 18.2 Å². The van der Waals surface area contributed by atoms with E-state index in [2.05, 4.69) is 9.47 Å². The van der Waals surface area contributed by atoms with E-state index in [0.717, 1.165) is 25.3 Å². The van der Waals surface area contributed by atoms with Crippen molar-refractivity contribution < 1.29 is 32.4 Å². The van der Waals surface area contributed by atoms with Crippen LogP contribution in [0, 0.1) is 10.1 Å². The van der Waals surface area contributed by atoms with E-state index >= 15 is 0 Å². The Morgan fingerprint density at radius 1 is 1.42 bits per heavy atom. The first-order chi connectivity index (χ1) is 8.74. The Balaban J connectivity index is 3.25. The molecule has 9 heteroatoms. The summed E-state index contributed by atoms with van der Waals surface area (Å²) < 4.78 is 44.4. The summed E-state index contributed by atoms with van der Waals surface area (Å²) in [7, 11) is 1.02. The van der Waals surface area contributed by atoms with E-state index in [1.165, 1.54) is 0 Å². The van der Waals surface area contributed by atoms with Crippen molar-refractivity contribution in [2.45, 2.75) is 12.8 Å². The Labute approximate surface area is 104 Å². The van der Waals surface area contributed by atoms with Crippen molar-refractivity contribution in [2.75, 3.05) is 7.11 Å². The van der Waals surface area contributed by atoms with E-state index in [0.29, 0.717) is 0 Å². The highest BCUT2D eigenvalue weighted by molar-refractivity contribution is 5.75. The number of methoxy groups -OCH3 is 1. The van der Waals surface area contributed by atoms with Crippen LogP contribution in [0.3, 0.4) is 0 Å². The lowest BCUT2D eigenvalue weighted by molar-refractivity contribution is -0.385. The third kappa shape index (κ3) is 4.12. The number of alkyl halides is 3. The molecule has 0 radical (unpaired) electrons. The molecule has 0 aliphatic heterocycles. The van der Waals surface area contributed by atoms with Crippen LogP contribution in [-0.4, -0.2) is 24.4 Å². The lowest BCUT2D eigenvalue weighted by Crippen LogP contribution is -2.19. The summed E-state index contributed by atoms with van der Waals surface area (Å²) in [5.74, 6) is -1.71. The summed E-state index contributed by atoms with van der Waals surface area (Å²) in [5, 5.41) is 10.7. The van der Waals surface area contributed by atoms with Gasteiger partial charge in [-0.25, -0.2) is 0 Å². The van der Waals surface area contributed by atoms with Crippen molar-refractivity contribution in [2.24, 2.45) is 0 Å². The fourth-order valence-corrected chi connectivity index (χ4v) is 1.34. The minimum atomic E-state index is -5.01. The normalized spacial score (nSPS) is 10.9. The molecular formula is C10H8F3NO5. The minimum absolute atomic E-state index is 0.489. The second-order valence-electron chi connectivity index (χ2n) is 3.31. The molecule has 0 spiro atoms. The molecule has 0 amide bonds. The molecule has 0 atom stereocenters. The third-order valence-corrected chi connectivity index (χ3v) is 2.08. The maximum absolute atomic E-state index is 12.2. The molecule has 1 aromatic rings. The Bertz CT molecular complexity index is 500. The largest absolute Gasteiger partial charge is 0.573 e. The van der Waals surface area contributed by atoms with Crippen LogP contribution in [0.1, 0.15) is 5.56 Å². The van der Waals surface area contributed by atoms with E-state index in [9.17, 15) is 28.1 Å². The monoisotopic (exact) mass is 279 g/mol. The topological polar surface area (TPSA) is 78.7 Å². The van der Waals surface area contributed by atoms with Gasteiger partial charge < -0.3 is 9.47 Å². The second kappa shape index (κ2) is 5.55. The molecular weight excluding hydrogens is 271 g/mol. The highest BCUT2D eigenvalue weighted by Gasteiger charge is 2.34. The summed E-state index contributed by atoms with van der Waals surface area (Å²) in [6, 6.07) is 2.89. The van der Waals surface area contributed by atoms with Gasteiger partial charge in [0, 0.05) is 6.07 Å². The zero-order valence-corrected chi connectivity index (χ0v) is 9.56. The van der Waals surface area contributed by atoms with Gasteiger partial charge in [-0.05, 0) is 6.07 Å². The summed E-state index contributed by atoms with van der Waals surface area (Å²) in [6.07, 6.45) is -5.71. The maximum Gasteiger partial charge on any atom is 0.573 e. The van der Waals surface area contributed by atoms with Gasteiger partial charge in [0.2, 0.25) is 0 Å². The van der Waals surface area contributed by atoms with Crippen molar-refractivity contribution in [1.29, 1.82) is 0 Å². The Morgan fingerprint density at radius 3 is 2.53 bits per heavy atom. The Kier molecular flexibility index (Phi) is 4.30. The van der Waals surface area contributed by atoms with Gasteiger partial charge in [-0.1, -0.05) is 6.07 Å². The zero-order valence-electron chi connectivity index (χ0n) is 9.56. The Hall–Kier alpha value is -2.32. The quantitative estimate of drug-likeness (QED) is 0.479. The van der Waals surface area contributed by atoms with Crippen LogP contribution >= 0.6 is 0 Å². The van der Waals surface area contributed by atoms with Crippen molar-refractivity contribution in [1.82, 2.24) is 0 Å². The highest BCUT2D eigenvalue weighted by Crippen LogP contribution is 2.32. The molecule has 19 heavy (non-hydrogen) atoms. The fourth-order valence-electron chi connectivity index (χ4n) is 1.34. The minimum Gasteiger partial charge on any atom is -0.469 e. The van der Waals surface area contributed by atoms with Gasteiger partial charge in [0.1, 0.15) is 5.75 Å². The zero-order chi connectivity index (χ0) is 14.6. The number of nitro groups is 1. The number of halogens is 3. The Morgan fingerprint density at radius 2 is 2.05 bits per heavy atom. The van der Waals surface area contributed by atoms with Gasteiger partial charge in [-0.15, -0.1) is 13.2 Å². The number of carbonyl (C=O) groups excluding carboxylic acids is 1. The van der Waals surface area contributed by atoms with Gasteiger partial charge in [0.05, 0.1) is 24.0 Å². The van der Waals surface area contributed by atoms with Crippen molar-refractivity contribution in [3.63, 3.8) is 0 Å². The van der Waals surface area contributed by atoms with Gasteiger partial charge in [0.25, 0.3) is 5.69 Å². The van der Waals surface area contributed by atoms with Gasteiger partial charge >= 0.3 is 12.3 Å². The number of hydrogen-bond acceptors (Lipinski definition) is 5. The van der Waals surface area contributed by atoms with Crippen molar-refractivity contribution in [3.05, 3.63) is 33.9 Å². The first kappa shape index (κ1) is 14.7. The van der Waals surface area contributed by atoms with Crippen LogP contribution in [0.25, 0.3) is 0 Å². The number of esters is 1. The van der Waals surface area contributed by atoms with E-state index in [1.807, 2.05) is 0 Å². The molecule has 0 aliphatic carbocycles. The average molecular weight is 279 g/mol. The van der Waals surface area contributed by atoms with Crippen LogP contribution in [-0.2, 0) is 16.0 Å². The van der Waals surface area contributed by atoms with Gasteiger partial charge in [-0.2, -0.15) is 0 Å². The molecule has 0 saturated heterocycles. The lowest BCUT2D eigenvalue weighted by Gasteiger charge is -2.12. The third-order valence-electron chi connectivity index (χ3n) is 2.08. The molecule has 1 aromatic carbocycles. The summed E-state index contributed by atoms with van der Waals surface area (Å²) in [4.78, 5) is 20.9. The summed E-state index contributed by atoms with van der Waals surface area (Å²) in [5.41, 5.74) is -1.14. The molecule has 0 unspecified atom stereocenters. The number of rotatable bonds is 4. The second-order valence-corrected chi connectivity index (χ2v) is 3.31. The average Bonchev–Trinajstić information content (AvgIpc) is 2.28. The highest BCUT2D eigenvalue weighted by atomic mass is 19.4. The van der Waals surface area contributed by atoms with Crippen LogP contribution in [0.2, 0.25) is 0 Å². The SMILES string of the molecule is COC(=O)Cc1c(OC(F)(F)F)cccc1[N+](=O)[O-]. The number of ether oxygens (including phenoxy) is 2. The molecule has 0 bridgehead atoms. The molecule has 0 aromatic heterocycles. The van der Waals surface area contributed by atoms with E-state index in [1.54, 1.807) is 0 Å². The number of hydrogen-bond donors (Lipinski definition) is 0. The number of benzene rings is 1. The smallest absolute Gasteiger partial charge is 0.469 e. The van der Waals surface area contributed by atoms with E-state index in [4.69, 9.17) is 0 Å². The van der Waals surface area contributed by atoms with Gasteiger partial charge in [-0.3, -0.25) is 14.9 Å². The maximum atomic E-state index is 12.2. The molecule has 0 fully saturated rings. The fraction of sp³-hybridized carbons (Fsp3) is 0.300. The molecule has 1 rings (SSSR count). The summed E-state index contributed by atoms with van der Waals surface area (Å²) in [6.45, 7) is 0. The van der Waals surface area contributed by atoms with E-state index in [-0.39, 0.29) is 0 Å². The molecule has 0 N–H and O–H groups in total. The predicted octanol–water partition coefficient (Wildman–Crippen LogP) is 2.21. The number of nitrogens with zero attached hydrogens (tertiary/aromatic N) is 1. The van der Waals surface area contributed by atoms with Crippen LogP contribution < -0.4 is 4.74 Å². The molecule has 104 valence electrons. The molecule has 6 nitrogen and oxygen atoms in total. The standard InChI is InChI=1S/C10H8F3NO5/c1-18-9(15)5-6-7(14(16)17)3-2-4-8(6)19-10(11,12)13/h2-4H,5H2,1H3. The number of nitro benzene ring substituents is 1. The summed E-state index contributed by atoms with van der Waals surface area (Å²) >= 11 is 0. The van der Waals surface area contributed by atoms with Crippen molar-refractivity contribution >= 4 is 11.7 Å².